The van der Waals surface area contributed by atoms with Gasteiger partial charge >= 0.3 is 0 Å². The second-order valence-corrected chi connectivity index (χ2v) is 5.93. The lowest BCUT2D eigenvalue weighted by Gasteiger charge is -2.22. The van der Waals surface area contributed by atoms with E-state index in [-0.39, 0.29) is 12.5 Å². The zero-order valence-electron chi connectivity index (χ0n) is 14.1. The van der Waals surface area contributed by atoms with Crippen LogP contribution >= 0.6 is 0 Å². The number of carbonyl (C=O) groups is 2. The molecule has 0 radical (unpaired) electrons. The number of aliphatic hydroxyl groups excluding tert-OH is 1. The highest BCUT2D eigenvalue weighted by Gasteiger charge is 2.27. The number of hydrogen-bond acceptors (Lipinski definition) is 3. The molecule has 7 heteroatoms. The summed E-state index contributed by atoms with van der Waals surface area (Å²) in [4.78, 5) is 24.3. The number of nitrogens with one attached hydrogen (secondary N) is 2. The molecule has 2 atom stereocenters. The van der Waals surface area contributed by atoms with Gasteiger partial charge in [-0.05, 0) is 30.9 Å². The van der Waals surface area contributed by atoms with Crippen LogP contribution in [-0.2, 0) is 4.79 Å². The minimum absolute atomic E-state index is 0.251. The summed E-state index contributed by atoms with van der Waals surface area (Å²) >= 11 is 0. The smallest absolute Gasteiger partial charge is 0.257 e. The van der Waals surface area contributed by atoms with Gasteiger partial charge in [0.15, 0.2) is 0 Å². The van der Waals surface area contributed by atoms with E-state index in [0.717, 1.165) is 18.2 Å². The molecule has 3 N–H and O–H groups in total. The molecule has 0 aliphatic carbocycles. The number of rotatable bonds is 8. The molecule has 0 saturated heterocycles. The van der Waals surface area contributed by atoms with Gasteiger partial charge in [0, 0.05) is 6.54 Å². The van der Waals surface area contributed by atoms with Gasteiger partial charge in [0.1, 0.15) is 23.2 Å². The van der Waals surface area contributed by atoms with Crippen molar-refractivity contribution in [1.82, 2.24) is 10.6 Å². The van der Waals surface area contributed by atoms with Crippen molar-refractivity contribution in [3.8, 4) is 0 Å². The summed E-state index contributed by atoms with van der Waals surface area (Å²) in [6, 6.07) is 2.19. The van der Waals surface area contributed by atoms with Crippen molar-refractivity contribution in [3.63, 3.8) is 0 Å². The molecule has 1 aromatic carbocycles. The number of halogens is 2. The predicted molar refractivity (Wildman–Crippen MR) is 86.4 cm³/mol. The first-order chi connectivity index (χ1) is 11.3. The average molecular weight is 342 g/mol. The molecule has 0 fully saturated rings. The van der Waals surface area contributed by atoms with Gasteiger partial charge in [0.05, 0.1) is 6.10 Å². The van der Waals surface area contributed by atoms with Gasteiger partial charge < -0.3 is 15.7 Å². The van der Waals surface area contributed by atoms with Crippen LogP contribution in [0.15, 0.2) is 18.2 Å². The van der Waals surface area contributed by atoms with Gasteiger partial charge in [-0.3, -0.25) is 9.59 Å². The second-order valence-electron chi connectivity index (χ2n) is 5.93. The fourth-order valence-corrected chi connectivity index (χ4v) is 2.14. The highest BCUT2D eigenvalue weighted by molar-refractivity contribution is 5.98. The lowest BCUT2D eigenvalue weighted by molar-refractivity contribution is -0.124. The lowest BCUT2D eigenvalue weighted by Crippen LogP contribution is -2.50. The van der Waals surface area contributed by atoms with Crippen LogP contribution in [0.1, 0.15) is 44.0 Å². The maximum atomic E-state index is 13.7. The first-order valence-electron chi connectivity index (χ1n) is 7.98. The number of hydrogen-bond donors (Lipinski definition) is 3. The summed E-state index contributed by atoms with van der Waals surface area (Å²) in [5.41, 5.74) is -0.711. The van der Waals surface area contributed by atoms with E-state index in [0.29, 0.717) is 12.8 Å². The number of carbonyl (C=O) groups excluding carboxylic acids is 2. The molecule has 0 heterocycles. The first kappa shape index (κ1) is 20.0. The molecule has 24 heavy (non-hydrogen) atoms. The third kappa shape index (κ3) is 5.56. The summed E-state index contributed by atoms with van der Waals surface area (Å²) in [5, 5.41) is 14.5. The van der Waals surface area contributed by atoms with Gasteiger partial charge in [0.25, 0.3) is 5.91 Å². The Morgan fingerprint density at radius 3 is 2.29 bits per heavy atom. The molecule has 2 amide bonds. The van der Waals surface area contributed by atoms with Gasteiger partial charge in [-0.15, -0.1) is 0 Å². The third-order valence-corrected chi connectivity index (χ3v) is 3.67. The number of amides is 2. The zero-order valence-corrected chi connectivity index (χ0v) is 14.1. The van der Waals surface area contributed by atoms with Crippen molar-refractivity contribution in [2.45, 2.75) is 45.8 Å². The second kappa shape index (κ2) is 9.32. The maximum Gasteiger partial charge on any atom is 0.257 e. The molecule has 2 unspecified atom stereocenters. The summed E-state index contributed by atoms with van der Waals surface area (Å²) in [5.74, 6) is -3.69. The lowest BCUT2D eigenvalue weighted by atomic mass is 10.0. The normalized spacial score (nSPS) is 13.5. The summed E-state index contributed by atoms with van der Waals surface area (Å²) in [6.07, 6.45) is 0.459. The minimum Gasteiger partial charge on any atom is -0.393 e. The molecule has 134 valence electrons. The standard InChI is InChI=1S/C17H24F2N2O3/c1-4-11(22)8-9-20-17(24)15(10(2)3)21-16(23)14-12(18)6-5-7-13(14)19/h5-7,10-11,15,22H,4,8-9H2,1-3H3,(H,20,24)(H,21,23). The fourth-order valence-electron chi connectivity index (χ4n) is 2.14. The molecule has 0 spiro atoms. The summed E-state index contributed by atoms with van der Waals surface area (Å²) in [6.45, 7) is 5.50. The molecule has 0 aliphatic heterocycles. The molecule has 0 aromatic heterocycles. The van der Waals surface area contributed by atoms with Crippen LogP contribution in [0.3, 0.4) is 0 Å². The van der Waals surface area contributed by atoms with Crippen molar-refractivity contribution in [1.29, 1.82) is 0 Å². The van der Waals surface area contributed by atoms with E-state index in [4.69, 9.17) is 0 Å². The fraction of sp³-hybridized carbons (Fsp3) is 0.529. The Morgan fingerprint density at radius 2 is 1.79 bits per heavy atom. The van der Waals surface area contributed by atoms with Crippen molar-refractivity contribution < 1.29 is 23.5 Å². The quantitative estimate of drug-likeness (QED) is 0.676. The molecule has 0 saturated carbocycles. The maximum absolute atomic E-state index is 13.7. The summed E-state index contributed by atoms with van der Waals surface area (Å²) < 4.78 is 27.3. The minimum atomic E-state index is -0.985. The van der Waals surface area contributed by atoms with Gasteiger partial charge in [-0.2, -0.15) is 0 Å². The van der Waals surface area contributed by atoms with Crippen molar-refractivity contribution in [2.24, 2.45) is 5.92 Å². The number of benzene rings is 1. The highest BCUT2D eigenvalue weighted by atomic mass is 19.1. The van der Waals surface area contributed by atoms with E-state index < -0.39 is 41.2 Å². The Balaban J connectivity index is 2.75. The monoisotopic (exact) mass is 342 g/mol. The van der Waals surface area contributed by atoms with Crippen molar-refractivity contribution in [3.05, 3.63) is 35.4 Å². The zero-order chi connectivity index (χ0) is 18.3. The Kier molecular flexibility index (Phi) is 7.78. The van der Waals surface area contributed by atoms with Crippen LogP contribution in [0.5, 0.6) is 0 Å². The van der Waals surface area contributed by atoms with Gasteiger partial charge in [-0.25, -0.2) is 8.78 Å². The molecule has 5 nitrogen and oxygen atoms in total. The average Bonchev–Trinajstić information content (AvgIpc) is 2.51. The largest absolute Gasteiger partial charge is 0.393 e. The molecule has 1 rings (SSSR count). The molecule has 1 aromatic rings. The van der Waals surface area contributed by atoms with E-state index in [1.54, 1.807) is 13.8 Å². The Bertz CT molecular complexity index is 559. The highest BCUT2D eigenvalue weighted by Crippen LogP contribution is 2.13. The Morgan fingerprint density at radius 1 is 1.21 bits per heavy atom. The Hall–Kier alpha value is -2.02. The third-order valence-electron chi connectivity index (χ3n) is 3.67. The van der Waals surface area contributed by atoms with Crippen LogP contribution in [0.2, 0.25) is 0 Å². The van der Waals surface area contributed by atoms with E-state index in [1.165, 1.54) is 0 Å². The topological polar surface area (TPSA) is 78.4 Å². The van der Waals surface area contributed by atoms with Gasteiger partial charge in [-0.1, -0.05) is 26.8 Å². The van der Waals surface area contributed by atoms with Crippen molar-refractivity contribution in [2.75, 3.05) is 6.54 Å². The van der Waals surface area contributed by atoms with Crippen LogP contribution in [0.4, 0.5) is 8.78 Å². The molecule has 0 bridgehead atoms. The van der Waals surface area contributed by atoms with E-state index in [1.807, 2.05) is 6.92 Å². The number of aliphatic hydroxyl groups is 1. The van der Waals surface area contributed by atoms with Crippen LogP contribution < -0.4 is 10.6 Å². The van der Waals surface area contributed by atoms with E-state index in [9.17, 15) is 23.5 Å². The van der Waals surface area contributed by atoms with E-state index >= 15 is 0 Å². The molecule has 0 aliphatic rings. The van der Waals surface area contributed by atoms with E-state index in [2.05, 4.69) is 10.6 Å². The predicted octanol–water partition coefficient (Wildman–Crippen LogP) is 2.00. The van der Waals surface area contributed by atoms with Gasteiger partial charge in [0.2, 0.25) is 5.91 Å². The Labute approximate surface area is 140 Å². The first-order valence-corrected chi connectivity index (χ1v) is 7.98. The summed E-state index contributed by atoms with van der Waals surface area (Å²) in [7, 11) is 0. The van der Waals surface area contributed by atoms with Crippen LogP contribution in [0.25, 0.3) is 0 Å². The SMILES string of the molecule is CCC(O)CCNC(=O)C(NC(=O)c1c(F)cccc1F)C(C)C. The van der Waals surface area contributed by atoms with Crippen LogP contribution in [0, 0.1) is 17.6 Å². The van der Waals surface area contributed by atoms with Crippen LogP contribution in [-0.4, -0.2) is 35.6 Å². The molecular weight excluding hydrogens is 318 g/mol. The molecular formula is C17H24F2N2O3. The van der Waals surface area contributed by atoms with Crippen molar-refractivity contribution >= 4 is 11.8 Å².